The van der Waals surface area contributed by atoms with Gasteiger partial charge in [0.2, 0.25) is 0 Å². The number of carbonyl (C=O) groups excluding carboxylic acids is 1. The van der Waals surface area contributed by atoms with Gasteiger partial charge >= 0.3 is 5.97 Å². The third-order valence-corrected chi connectivity index (χ3v) is 6.14. The van der Waals surface area contributed by atoms with Crippen LogP contribution >= 0.6 is 11.6 Å². The standard InChI is InChI=1S/C24H22ClN5O3.H2O/c1-15-21(14-27-30(15)20-5-2-18(25)3-6-20)23(31)28-19-4-7-22(17(12-19)13-26)29-10-8-16(9-11-29)24(32)33;/h2-7,12,14,16H,8-11H2,1H3,(H,28,31)(H,32,33);1H2. The maximum atomic E-state index is 12.9. The van der Waals surface area contributed by atoms with Crippen LogP contribution in [0.1, 0.15) is 34.5 Å². The Morgan fingerprint density at radius 2 is 1.85 bits per heavy atom. The van der Waals surface area contributed by atoms with E-state index in [1.165, 1.54) is 6.20 Å². The molecule has 0 spiro atoms. The molecule has 1 amide bonds. The van der Waals surface area contributed by atoms with Gasteiger partial charge in [-0.3, -0.25) is 9.59 Å². The van der Waals surface area contributed by atoms with Crippen LogP contribution in [0.2, 0.25) is 5.02 Å². The molecule has 10 heteroatoms. The molecule has 4 rings (SSSR count). The van der Waals surface area contributed by atoms with Crippen molar-refractivity contribution in [3.63, 3.8) is 0 Å². The second-order valence-electron chi connectivity index (χ2n) is 7.93. The summed E-state index contributed by atoms with van der Waals surface area (Å²) in [5.74, 6) is -1.45. The summed E-state index contributed by atoms with van der Waals surface area (Å²) in [6.07, 6.45) is 2.58. The van der Waals surface area contributed by atoms with Crippen molar-refractivity contribution in [3.05, 3.63) is 70.5 Å². The summed E-state index contributed by atoms with van der Waals surface area (Å²) in [7, 11) is 0. The number of nitriles is 1. The number of nitrogens with zero attached hydrogens (tertiary/aromatic N) is 4. The number of hydrogen-bond acceptors (Lipinski definition) is 5. The van der Waals surface area contributed by atoms with E-state index in [1.54, 1.807) is 41.9 Å². The number of nitrogens with one attached hydrogen (secondary N) is 1. The van der Waals surface area contributed by atoms with E-state index in [-0.39, 0.29) is 17.3 Å². The van der Waals surface area contributed by atoms with Crippen molar-refractivity contribution in [1.82, 2.24) is 9.78 Å². The molecule has 0 radical (unpaired) electrons. The molecule has 0 bridgehead atoms. The molecule has 2 heterocycles. The Kier molecular flexibility index (Phi) is 7.56. The fourth-order valence-corrected chi connectivity index (χ4v) is 4.15. The average molecular weight is 482 g/mol. The summed E-state index contributed by atoms with van der Waals surface area (Å²) in [4.78, 5) is 26.1. The predicted octanol–water partition coefficient (Wildman–Crippen LogP) is 3.43. The van der Waals surface area contributed by atoms with E-state index in [0.29, 0.717) is 53.5 Å². The molecule has 0 aliphatic carbocycles. The molecule has 2 aromatic carbocycles. The molecule has 0 atom stereocenters. The van der Waals surface area contributed by atoms with Gasteiger partial charge in [0.1, 0.15) is 6.07 Å². The smallest absolute Gasteiger partial charge is 0.306 e. The van der Waals surface area contributed by atoms with Gasteiger partial charge in [-0.05, 0) is 62.2 Å². The van der Waals surface area contributed by atoms with E-state index in [0.717, 1.165) is 11.4 Å². The lowest BCUT2D eigenvalue weighted by Gasteiger charge is -2.32. The van der Waals surface area contributed by atoms with Gasteiger partial charge in [-0.2, -0.15) is 10.4 Å². The lowest BCUT2D eigenvalue weighted by atomic mass is 9.96. The number of carboxylic acid groups (broad SMARTS) is 1. The molecule has 1 aliphatic heterocycles. The van der Waals surface area contributed by atoms with Gasteiger partial charge in [0, 0.05) is 23.8 Å². The van der Waals surface area contributed by atoms with E-state index in [2.05, 4.69) is 16.5 Å². The molecule has 1 aliphatic rings. The van der Waals surface area contributed by atoms with Crippen LogP contribution in [0.25, 0.3) is 5.69 Å². The minimum atomic E-state index is -0.775. The van der Waals surface area contributed by atoms with Crippen molar-refractivity contribution in [3.8, 4) is 11.8 Å². The van der Waals surface area contributed by atoms with Crippen molar-refractivity contribution in [2.75, 3.05) is 23.3 Å². The van der Waals surface area contributed by atoms with E-state index in [9.17, 15) is 20.0 Å². The monoisotopic (exact) mass is 481 g/mol. The van der Waals surface area contributed by atoms with Crippen LogP contribution in [0, 0.1) is 24.2 Å². The van der Waals surface area contributed by atoms with Gasteiger partial charge < -0.3 is 20.8 Å². The summed E-state index contributed by atoms with van der Waals surface area (Å²) in [6.45, 7) is 2.95. The first-order valence-corrected chi connectivity index (χ1v) is 10.9. The average Bonchev–Trinajstić information content (AvgIpc) is 3.21. The fourth-order valence-electron chi connectivity index (χ4n) is 4.02. The third-order valence-electron chi connectivity index (χ3n) is 5.89. The van der Waals surface area contributed by atoms with Crippen LogP contribution in [-0.4, -0.2) is 45.3 Å². The summed E-state index contributed by atoms with van der Waals surface area (Å²) in [5.41, 5.74) is 3.55. The number of benzene rings is 2. The fraction of sp³-hybridized carbons (Fsp3) is 0.250. The number of amides is 1. The molecule has 1 fully saturated rings. The maximum Gasteiger partial charge on any atom is 0.306 e. The number of rotatable bonds is 5. The molecular formula is C24H24ClN5O4. The SMILES string of the molecule is Cc1c(C(=O)Nc2ccc(N3CCC(C(=O)O)CC3)c(C#N)c2)cnn1-c1ccc(Cl)cc1.O. The van der Waals surface area contributed by atoms with Gasteiger partial charge in [-0.15, -0.1) is 0 Å². The number of aromatic nitrogens is 2. The Labute approximate surface area is 201 Å². The zero-order chi connectivity index (χ0) is 23.5. The highest BCUT2D eigenvalue weighted by atomic mass is 35.5. The lowest BCUT2D eigenvalue weighted by molar-refractivity contribution is -0.142. The maximum absolute atomic E-state index is 12.9. The molecule has 3 aromatic rings. The first-order chi connectivity index (χ1) is 15.9. The van der Waals surface area contributed by atoms with Crippen LogP contribution in [0.5, 0.6) is 0 Å². The number of anilines is 2. The summed E-state index contributed by atoms with van der Waals surface area (Å²) < 4.78 is 1.66. The van der Waals surface area contributed by atoms with E-state index >= 15 is 0 Å². The minimum absolute atomic E-state index is 0. The Balaban J connectivity index is 0.00000324. The van der Waals surface area contributed by atoms with Gasteiger partial charge in [0.25, 0.3) is 5.91 Å². The largest absolute Gasteiger partial charge is 0.481 e. The zero-order valence-corrected chi connectivity index (χ0v) is 19.2. The zero-order valence-electron chi connectivity index (χ0n) is 18.5. The number of piperidine rings is 1. The van der Waals surface area contributed by atoms with Gasteiger partial charge in [0.15, 0.2) is 0 Å². The third kappa shape index (κ3) is 5.03. The molecule has 1 aromatic heterocycles. The van der Waals surface area contributed by atoms with E-state index in [4.69, 9.17) is 11.6 Å². The summed E-state index contributed by atoms with van der Waals surface area (Å²) in [6, 6.07) is 14.5. The molecule has 4 N–H and O–H groups in total. The second kappa shape index (κ2) is 10.4. The van der Waals surface area contributed by atoms with Crippen molar-refractivity contribution < 1.29 is 20.2 Å². The normalized spacial score (nSPS) is 13.6. The molecule has 176 valence electrons. The van der Waals surface area contributed by atoms with E-state index < -0.39 is 5.97 Å². The minimum Gasteiger partial charge on any atom is -0.481 e. The Bertz CT molecular complexity index is 1240. The second-order valence-corrected chi connectivity index (χ2v) is 8.37. The van der Waals surface area contributed by atoms with Crippen LogP contribution in [0.4, 0.5) is 11.4 Å². The highest BCUT2D eigenvalue weighted by Gasteiger charge is 2.26. The van der Waals surface area contributed by atoms with Crippen molar-refractivity contribution >= 4 is 34.9 Å². The number of aliphatic carboxylic acids is 1. The highest BCUT2D eigenvalue weighted by Crippen LogP contribution is 2.29. The van der Waals surface area contributed by atoms with Crippen molar-refractivity contribution in [2.45, 2.75) is 19.8 Å². The topological polar surface area (TPSA) is 143 Å². The highest BCUT2D eigenvalue weighted by molar-refractivity contribution is 6.30. The van der Waals surface area contributed by atoms with Crippen LogP contribution < -0.4 is 10.2 Å². The Morgan fingerprint density at radius 3 is 2.47 bits per heavy atom. The lowest BCUT2D eigenvalue weighted by Crippen LogP contribution is -2.36. The summed E-state index contributed by atoms with van der Waals surface area (Å²) >= 11 is 5.95. The van der Waals surface area contributed by atoms with Gasteiger partial charge in [-0.25, -0.2) is 4.68 Å². The van der Waals surface area contributed by atoms with E-state index in [1.807, 2.05) is 17.0 Å². The van der Waals surface area contributed by atoms with Crippen molar-refractivity contribution in [2.24, 2.45) is 5.92 Å². The quantitative estimate of drug-likeness (QED) is 0.571. The molecule has 0 saturated carbocycles. The molecule has 0 unspecified atom stereocenters. The number of carbonyl (C=O) groups is 2. The Morgan fingerprint density at radius 1 is 1.18 bits per heavy atom. The predicted molar refractivity (Wildman–Crippen MR) is 129 cm³/mol. The number of hydrogen-bond donors (Lipinski definition) is 2. The first-order valence-electron chi connectivity index (χ1n) is 10.5. The van der Waals surface area contributed by atoms with Crippen LogP contribution in [0.3, 0.4) is 0 Å². The van der Waals surface area contributed by atoms with Crippen LogP contribution in [0.15, 0.2) is 48.7 Å². The van der Waals surface area contributed by atoms with Crippen molar-refractivity contribution in [1.29, 1.82) is 5.26 Å². The molecular weight excluding hydrogens is 458 g/mol. The van der Waals surface area contributed by atoms with Crippen LogP contribution in [-0.2, 0) is 4.79 Å². The molecule has 1 saturated heterocycles. The molecule has 9 nitrogen and oxygen atoms in total. The van der Waals surface area contributed by atoms with Gasteiger partial charge in [0.05, 0.1) is 40.3 Å². The Hall–Kier alpha value is -3.87. The summed E-state index contributed by atoms with van der Waals surface area (Å²) in [5, 5.41) is 26.6. The number of carboxylic acids is 1. The molecule has 34 heavy (non-hydrogen) atoms. The first kappa shape index (κ1) is 24.8. The van der Waals surface area contributed by atoms with Gasteiger partial charge in [-0.1, -0.05) is 11.6 Å². The number of halogens is 1.